The normalized spacial score (nSPS) is 11.0. The van der Waals surface area contributed by atoms with E-state index in [9.17, 15) is 9.59 Å². The van der Waals surface area contributed by atoms with Crippen molar-refractivity contribution >= 4 is 17.1 Å². The van der Waals surface area contributed by atoms with Crippen LogP contribution in [0.25, 0.3) is 11.0 Å². The first kappa shape index (κ1) is 16.1. The molecule has 0 aliphatic heterocycles. The lowest BCUT2D eigenvalue weighted by Crippen LogP contribution is -2.37. The fourth-order valence-corrected chi connectivity index (χ4v) is 2.30. The van der Waals surface area contributed by atoms with Gasteiger partial charge in [-0.3, -0.25) is 4.57 Å². The second kappa shape index (κ2) is 7.68. The quantitative estimate of drug-likeness (QED) is 0.685. The number of carbonyl (C=O) groups excluding carboxylic acids is 1. The fourth-order valence-electron chi connectivity index (χ4n) is 2.30. The summed E-state index contributed by atoms with van der Waals surface area (Å²) in [5, 5.41) is 5.63. The molecule has 0 spiro atoms. The minimum atomic E-state index is -0.146. The molecule has 22 heavy (non-hydrogen) atoms. The molecule has 3 N–H and O–H groups in total. The van der Waals surface area contributed by atoms with Crippen LogP contribution in [0.5, 0.6) is 0 Å². The van der Waals surface area contributed by atoms with Crippen LogP contribution < -0.4 is 16.3 Å². The Balaban J connectivity index is 1.75. The first-order valence-electron chi connectivity index (χ1n) is 7.77. The lowest BCUT2D eigenvalue weighted by atomic mass is 10.1. The average molecular weight is 304 g/mol. The summed E-state index contributed by atoms with van der Waals surface area (Å²) in [5.41, 5.74) is 1.63. The number of aryl methyl sites for hydroxylation is 1. The molecule has 0 atom stereocenters. The molecule has 6 heteroatoms. The summed E-state index contributed by atoms with van der Waals surface area (Å²) in [5.74, 6) is 0.578. The zero-order valence-corrected chi connectivity index (χ0v) is 13.2. The molecular formula is C16H24N4O2. The van der Waals surface area contributed by atoms with Gasteiger partial charge in [-0.15, -0.1) is 0 Å². The number of benzene rings is 1. The largest absolute Gasteiger partial charge is 0.338 e. The van der Waals surface area contributed by atoms with Crippen molar-refractivity contribution < 1.29 is 4.79 Å². The lowest BCUT2D eigenvalue weighted by molar-refractivity contribution is 0.240. The van der Waals surface area contributed by atoms with Crippen molar-refractivity contribution in [1.82, 2.24) is 20.2 Å². The molecule has 0 radical (unpaired) electrons. The van der Waals surface area contributed by atoms with E-state index in [0.29, 0.717) is 32.0 Å². The van der Waals surface area contributed by atoms with Crippen LogP contribution in [0, 0.1) is 5.92 Å². The highest BCUT2D eigenvalue weighted by atomic mass is 16.2. The van der Waals surface area contributed by atoms with Crippen LogP contribution in [0.1, 0.15) is 26.7 Å². The third-order valence-corrected chi connectivity index (χ3v) is 3.53. The number of amides is 2. The van der Waals surface area contributed by atoms with Gasteiger partial charge in [0.2, 0.25) is 0 Å². The van der Waals surface area contributed by atoms with Crippen LogP contribution in [0.15, 0.2) is 29.1 Å². The van der Waals surface area contributed by atoms with E-state index in [4.69, 9.17) is 0 Å². The molecule has 1 aromatic carbocycles. The number of urea groups is 1. The Labute approximate surface area is 129 Å². The van der Waals surface area contributed by atoms with Gasteiger partial charge >= 0.3 is 11.7 Å². The molecular weight excluding hydrogens is 280 g/mol. The number of hydrogen-bond donors (Lipinski definition) is 3. The van der Waals surface area contributed by atoms with Crippen molar-refractivity contribution in [2.75, 3.05) is 13.1 Å². The number of nitrogens with one attached hydrogen (secondary N) is 3. The van der Waals surface area contributed by atoms with E-state index < -0.39 is 0 Å². The SMILES string of the molecule is CC(C)CCNC(=O)NCCCn1c(=O)[nH]c2ccccc21. The van der Waals surface area contributed by atoms with E-state index in [2.05, 4.69) is 29.5 Å². The molecule has 120 valence electrons. The number of carbonyl (C=O) groups is 1. The van der Waals surface area contributed by atoms with Gasteiger partial charge in [0.1, 0.15) is 0 Å². The third-order valence-electron chi connectivity index (χ3n) is 3.53. The molecule has 1 aromatic heterocycles. The highest BCUT2D eigenvalue weighted by Gasteiger charge is 2.05. The van der Waals surface area contributed by atoms with Crippen molar-refractivity contribution in [1.29, 1.82) is 0 Å². The molecule has 2 aromatic rings. The number of imidazole rings is 1. The molecule has 1 heterocycles. The molecule has 0 saturated heterocycles. The highest BCUT2D eigenvalue weighted by Crippen LogP contribution is 2.08. The fraction of sp³-hybridized carbons (Fsp3) is 0.500. The molecule has 0 bridgehead atoms. The second-order valence-electron chi connectivity index (χ2n) is 5.82. The number of H-pyrrole nitrogens is 1. The van der Waals surface area contributed by atoms with Gasteiger partial charge < -0.3 is 15.6 Å². The summed E-state index contributed by atoms with van der Waals surface area (Å²) in [6.07, 6.45) is 1.68. The predicted molar refractivity (Wildman–Crippen MR) is 88.0 cm³/mol. The maximum atomic E-state index is 11.9. The van der Waals surface area contributed by atoms with Gasteiger partial charge in [0.15, 0.2) is 0 Å². The summed E-state index contributed by atoms with van der Waals surface area (Å²) in [7, 11) is 0. The first-order valence-corrected chi connectivity index (χ1v) is 7.77. The first-order chi connectivity index (χ1) is 10.6. The van der Waals surface area contributed by atoms with Crippen molar-refractivity contribution in [2.24, 2.45) is 5.92 Å². The average Bonchev–Trinajstić information content (AvgIpc) is 2.79. The summed E-state index contributed by atoms with van der Waals surface area (Å²) in [6.45, 7) is 6.05. The van der Waals surface area contributed by atoms with Crippen LogP contribution in [0.2, 0.25) is 0 Å². The van der Waals surface area contributed by atoms with Crippen molar-refractivity contribution in [3.05, 3.63) is 34.7 Å². The minimum absolute atomic E-state index is 0.109. The number of aromatic nitrogens is 2. The van der Waals surface area contributed by atoms with Gasteiger partial charge in [-0.1, -0.05) is 26.0 Å². The van der Waals surface area contributed by atoms with Crippen LogP contribution >= 0.6 is 0 Å². The zero-order valence-electron chi connectivity index (χ0n) is 13.2. The van der Waals surface area contributed by atoms with Gasteiger partial charge in [-0.05, 0) is 30.9 Å². The predicted octanol–water partition coefficient (Wildman–Crippen LogP) is 2.06. The Bertz CT molecular complexity index is 672. The topological polar surface area (TPSA) is 78.9 Å². The molecule has 0 saturated carbocycles. The monoisotopic (exact) mass is 304 g/mol. The van der Waals surface area contributed by atoms with Crippen LogP contribution in [0.3, 0.4) is 0 Å². The zero-order chi connectivity index (χ0) is 15.9. The summed E-state index contributed by atoms with van der Waals surface area (Å²) >= 11 is 0. The molecule has 2 rings (SSSR count). The minimum Gasteiger partial charge on any atom is -0.338 e. The van der Waals surface area contributed by atoms with Gasteiger partial charge in [0.25, 0.3) is 0 Å². The van der Waals surface area contributed by atoms with Crippen LogP contribution in [-0.2, 0) is 6.54 Å². The Hall–Kier alpha value is -2.24. The van der Waals surface area contributed by atoms with E-state index in [1.54, 1.807) is 4.57 Å². The lowest BCUT2D eigenvalue weighted by Gasteiger charge is -2.09. The van der Waals surface area contributed by atoms with Crippen molar-refractivity contribution in [3.63, 3.8) is 0 Å². The van der Waals surface area contributed by atoms with Gasteiger partial charge in [-0.25, -0.2) is 9.59 Å². The molecule has 2 amide bonds. The van der Waals surface area contributed by atoms with Gasteiger partial charge in [-0.2, -0.15) is 0 Å². The van der Waals surface area contributed by atoms with Gasteiger partial charge in [0, 0.05) is 19.6 Å². The maximum absolute atomic E-state index is 11.9. The van der Waals surface area contributed by atoms with Crippen LogP contribution in [-0.4, -0.2) is 28.7 Å². The van der Waals surface area contributed by atoms with E-state index in [0.717, 1.165) is 17.5 Å². The van der Waals surface area contributed by atoms with E-state index in [1.807, 2.05) is 24.3 Å². The van der Waals surface area contributed by atoms with Crippen molar-refractivity contribution in [3.8, 4) is 0 Å². The van der Waals surface area contributed by atoms with E-state index in [1.165, 1.54) is 0 Å². The van der Waals surface area contributed by atoms with Gasteiger partial charge in [0.05, 0.1) is 11.0 Å². The highest BCUT2D eigenvalue weighted by molar-refractivity contribution is 5.75. The maximum Gasteiger partial charge on any atom is 0.326 e. The smallest absolute Gasteiger partial charge is 0.326 e. The Morgan fingerprint density at radius 2 is 1.95 bits per heavy atom. The summed E-state index contributed by atoms with van der Waals surface area (Å²) in [4.78, 5) is 26.3. The number of rotatable bonds is 7. The molecule has 6 nitrogen and oxygen atoms in total. The van der Waals surface area contributed by atoms with E-state index >= 15 is 0 Å². The second-order valence-corrected chi connectivity index (χ2v) is 5.82. The number of hydrogen-bond acceptors (Lipinski definition) is 2. The molecule has 0 fully saturated rings. The van der Waals surface area contributed by atoms with Crippen molar-refractivity contribution in [2.45, 2.75) is 33.2 Å². The molecule has 0 unspecified atom stereocenters. The number of nitrogens with zero attached hydrogens (tertiary/aromatic N) is 1. The Morgan fingerprint density at radius 1 is 1.23 bits per heavy atom. The summed E-state index contributed by atoms with van der Waals surface area (Å²) in [6, 6.07) is 7.46. The van der Waals surface area contributed by atoms with Crippen LogP contribution in [0.4, 0.5) is 4.79 Å². The standard InChI is InChI=1S/C16H24N4O2/c1-12(2)8-10-18-15(21)17-9-5-11-20-14-7-4-3-6-13(14)19-16(20)22/h3-4,6-7,12H,5,8-11H2,1-2H3,(H,19,22)(H2,17,18,21). The third kappa shape index (κ3) is 4.38. The molecule has 0 aliphatic carbocycles. The number of para-hydroxylation sites is 2. The van der Waals surface area contributed by atoms with E-state index in [-0.39, 0.29) is 11.7 Å². The Kier molecular flexibility index (Phi) is 5.63. The Morgan fingerprint density at radius 3 is 2.73 bits per heavy atom. The number of fused-ring (bicyclic) bond motifs is 1. The summed E-state index contributed by atoms with van der Waals surface area (Å²) < 4.78 is 1.70. The molecule has 0 aliphatic rings. The number of aromatic amines is 1.